The first-order valence-corrected chi connectivity index (χ1v) is 9.67. The van der Waals surface area contributed by atoms with E-state index >= 15 is 0 Å². The monoisotopic (exact) mass is 357 g/mol. The van der Waals surface area contributed by atoms with E-state index in [1.165, 1.54) is 0 Å². The molecule has 0 spiro atoms. The fourth-order valence-electron chi connectivity index (χ4n) is 4.61. The lowest BCUT2D eigenvalue weighted by Crippen LogP contribution is -2.57. The number of hydrogen-bond donors (Lipinski definition) is 1. The smallest absolute Gasteiger partial charge is 0.257 e. The molecular weight excluding hydrogens is 330 g/mol. The Balaban J connectivity index is 1.48. The van der Waals surface area contributed by atoms with Gasteiger partial charge in [-0.2, -0.15) is 0 Å². The Labute approximate surface area is 154 Å². The highest BCUT2D eigenvalue weighted by molar-refractivity contribution is 5.97. The van der Waals surface area contributed by atoms with Crippen LogP contribution in [0.3, 0.4) is 0 Å². The number of benzene rings is 1. The van der Waals surface area contributed by atoms with Gasteiger partial charge in [0.15, 0.2) is 0 Å². The largest absolute Gasteiger partial charge is 0.492 e. The van der Waals surface area contributed by atoms with Crippen molar-refractivity contribution in [1.82, 2.24) is 15.1 Å². The standard InChI is InChI=1S/C20H27N3O3/c1-21-9-11-23-17-7-10-22(13-15(17)5-6-18(23)24)20(25)16-4-2-3-14-8-12-26-19(14)16/h2-4,15,17,21H,5-13H2,1H3/t15-,17+/m0/s1. The van der Waals surface area contributed by atoms with Gasteiger partial charge in [0.05, 0.1) is 12.2 Å². The van der Waals surface area contributed by atoms with E-state index < -0.39 is 0 Å². The van der Waals surface area contributed by atoms with Crippen LogP contribution in [0.2, 0.25) is 0 Å². The fraction of sp³-hybridized carbons (Fsp3) is 0.600. The van der Waals surface area contributed by atoms with E-state index in [1.54, 1.807) is 0 Å². The summed E-state index contributed by atoms with van der Waals surface area (Å²) < 4.78 is 5.72. The van der Waals surface area contributed by atoms with Gasteiger partial charge in [0.25, 0.3) is 5.91 Å². The second-order valence-electron chi connectivity index (χ2n) is 7.49. The molecule has 2 atom stereocenters. The molecule has 0 unspecified atom stereocenters. The van der Waals surface area contributed by atoms with E-state index in [-0.39, 0.29) is 17.9 Å². The van der Waals surface area contributed by atoms with E-state index in [9.17, 15) is 9.59 Å². The molecule has 3 aliphatic rings. The van der Waals surface area contributed by atoms with Crippen LogP contribution in [0.15, 0.2) is 18.2 Å². The van der Waals surface area contributed by atoms with Gasteiger partial charge in [0.1, 0.15) is 5.75 Å². The summed E-state index contributed by atoms with van der Waals surface area (Å²) in [6.45, 7) is 3.66. The number of piperidine rings is 2. The van der Waals surface area contributed by atoms with Gasteiger partial charge < -0.3 is 19.9 Å². The highest BCUT2D eigenvalue weighted by Crippen LogP contribution is 2.34. The number of ether oxygens (including phenoxy) is 1. The molecule has 26 heavy (non-hydrogen) atoms. The van der Waals surface area contributed by atoms with Crippen molar-refractivity contribution in [2.45, 2.75) is 31.7 Å². The van der Waals surface area contributed by atoms with E-state index in [4.69, 9.17) is 4.74 Å². The minimum absolute atomic E-state index is 0.0703. The van der Waals surface area contributed by atoms with Crippen LogP contribution in [0.5, 0.6) is 5.75 Å². The molecule has 1 N–H and O–H groups in total. The maximum absolute atomic E-state index is 13.1. The third-order valence-corrected chi connectivity index (χ3v) is 5.98. The highest BCUT2D eigenvalue weighted by Gasteiger charge is 2.40. The molecule has 2 saturated heterocycles. The average molecular weight is 357 g/mol. The number of nitrogens with one attached hydrogen (secondary N) is 1. The van der Waals surface area contributed by atoms with Crippen LogP contribution in [0, 0.1) is 5.92 Å². The summed E-state index contributed by atoms with van der Waals surface area (Å²) in [6, 6.07) is 6.14. The number of para-hydroxylation sites is 1. The molecule has 2 amide bonds. The number of carbonyl (C=O) groups is 2. The maximum Gasteiger partial charge on any atom is 0.257 e. The minimum atomic E-state index is 0.0703. The van der Waals surface area contributed by atoms with Gasteiger partial charge >= 0.3 is 0 Å². The van der Waals surface area contributed by atoms with Crippen LogP contribution in [0.25, 0.3) is 0 Å². The summed E-state index contributed by atoms with van der Waals surface area (Å²) in [5, 5.41) is 3.13. The minimum Gasteiger partial charge on any atom is -0.492 e. The molecule has 0 aromatic heterocycles. The highest BCUT2D eigenvalue weighted by atomic mass is 16.5. The number of hydrogen-bond acceptors (Lipinski definition) is 4. The Hall–Kier alpha value is -2.08. The Morgan fingerprint density at radius 2 is 2.19 bits per heavy atom. The lowest BCUT2D eigenvalue weighted by atomic mass is 9.83. The first kappa shape index (κ1) is 17.3. The lowest BCUT2D eigenvalue weighted by Gasteiger charge is -2.47. The number of carbonyl (C=O) groups excluding carboxylic acids is 2. The molecule has 140 valence electrons. The van der Waals surface area contributed by atoms with Crippen LogP contribution in [-0.4, -0.2) is 67.5 Å². The summed E-state index contributed by atoms with van der Waals surface area (Å²) in [4.78, 5) is 29.4. The van der Waals surface area contributed by atoms with Crippen molar-refractivity contribution in [1.29, 1.82) is 0 Å². The van der Waals surface area contributed by atoms with Crippen molar-refractivity contribution in [2.24, 2.45) is 5.92 Å². The quantitative estimate of drug-likeness (QED) is 0.882. The van der Waals surface area contributed by atoms with E-state index in [0.29, 0.717) is 31.1 Å². The topological polar surface area (TPSA) is 61.9 Å². The molecular formula is C20H27N3O3. The van der Waals surface area contributed by atoms with Crippen molar-refractivity contribution in [3.63, 3.8) is 0 Å². The van der Waals surface area contributed by atoms with Gasteiger partial charge in [-0.25, -0.2) is 0 Å². The first-order chi connectivity index (χ1) is 12.7. The molecule has 1 aromatic carbocycles. The third-order valence-electron chi connectivity index (χ3n) is 5.98. The van der Waals surface area contributed by atoms with Crippen molar-refractivity contribution < 1.29 is 14.3 Å². The van der Waals surface area contributed by atoms with Crippen molar-refractivity contribution in [2.75, 3.05) is 39.8 Å². The Morgan fingerprint density at radius 1 is 1.31 bits per heavy atom. The predicted molar refractivity (Wildman–Crippen MR) is 98.3 cm³/mol. The van der Waals surface area contributed by atoms with Gasteiger partial charge in [-0.05, 0) is 37.4 Å². The molecule has 4 rings (SSSR count). The van der Waals surface area contributed by atoms with Crippen LogP contribution >= 0.6 is 0 Å². The molecule has 3 heterocycles. The van der Waals surface area contributed by atoms with Gasteiger partial charge in [0.2, 0.25) is 5.91 Å². The van der Waals surface area contributed by atoms with Gasteiger partial charge in [0, 0.05) is 45.1 Å². The summed E-state index contributed by atoms with van der Waals surface area (Å²) >= 11 is 0. The molecule has 0 bridgehead atoms. The van der Waals surface area contributed by atoms with E-state index in [2.05, 4.69) is 5.32 Å². The first-order valence-electron chi connectivity index (χ1n) is 9.67. The number of fused-ring (bicyclic) bond motifs is 2. The summed E-state index contributed by atoms with van der Waals surface area (Å²) in [5.41, 5.74) is 1.82. The fourth-order valence-corrected chi connectivity index (χ4v) is 4.61. The molecule has 0 saturated carbocycles. The zero-order chi connectivity index (χ0) is 18.1. The summed E-state index contributed by atoms with van der Waals surface area (Å²) in [5.74, 6) is 1.48. The summed E-state index contributed by atoms with van der Waals surface area (Å²) in [6.07, 6.45) is 3.22. The maximum atomic E-state index is 13.1. The number of likely N-dealkylation sites (tertiary alicyclic amines) is 2. The number of likely N-dealkylation sites (N-methyl/N-ethyl adjacent to an activating group) is 1. The van der Waals surface area contributed by atoms with Crippen molar-refractivity contribution in [3.05, 3.63) is 29.3 Å². The van der Waals surface area contributed by atoms with Gasteiger partial charge in [-0.15, -0.1) is 0 Å². The van der Waals surface area contributed by atoms with Gasteiger partial charge in [-0.3, -0.25) is 9.59 Å². The number of nitrogens with zero attached hydrogens (tertiary/aromatic N) is 2. The van der Waals surface area contributed by atoms with Crippen LogP contribution in [-0.2, 0) is 11.2 Å². The SMILES string of the molecule is CNCCN1C(=O)CC[C@H]2CN(C(=O)c3cccc4c3OCC4)CC[C@H]21. The lowest BCUT2D eigenvalue weighted by molar-refractivity contribution is -0.140. The Bertz CT molecular complexity index is 706. The van der Waals surface area contributed by atoms with Crippen LogP contribution < -0.4 is 10.1 Å². The molecule has 2 fully saturated rings. The molecule has 0 radical (unpaired) electrons. The van der Waals surface area contributed by atoms with E-state index in [1.807, 2.05) is 35.0 Å². The van der Waals surface area contributed by atoms with Crippen molar-refractivity contribution in [3.8, 4) is 5.75 Å². The molecule has 1 aromatic rings. The third kappa shape index (κ3) is 3.07. The second-order valence-corrected chi connectivity index (χ2v) is 7.49. The predicted octanol–water partition coefficient (Wildman–Crippen LogP) is 1.29. The Kier molecular flexibility index (Phi) is 4.85. The summed E-state index contributed by atoms with van der Waals surface area (Å²) in [7, 11) is 1.91. The normalized spacial score (nSPS) is 24.9. The average Bonchev–Trinajstić information content (AvgIpc) is 3.15. The van der Waals surface area contributed by atoms with E-state index in [0.717, 1.165) is 50.2 Å². The number of rotatable bonds is 4. The van der Waals surface area contributed by atoms with Gasteiger partial charge in [-0.1, -0.05) is 12.1 Å². The zero-order valence-electron chi connectivity index (χ0n) is 15.4. The van der Waals surface area contributed by atoms with Crippen LogP contribution in [0.4, 0.5) is 0 Å². The number of amides is 2. The molecule has 0 aliphatic carbocycles. The van der Waals surface area contributed by atoms with Crippen LogP contribution in [0.1, 0.15) is 35.2 Å². The van der Waals surface area contributed by atoms with Crippen molar-refractivity contribution >= 4 is 11.8 Å². The Morgan fingerprint density at radius 3 is 3.04 bits per heavy atom. The zero-order valence-corrected chi connectivity index (χ0v) is 15.4. The second kappa shape index (κ2) is 7.27. The molecule has 3 aliphatic heterocycles. The molecule has 6 heteroatoms. The molecule has 6 nitrogen and oxygen atoms in total.